The molecule has 0 saturated heterocycles. The van der Waals surface area contributed by atoms with Crippen LogP contribution in [-0.4, -0.2) is 33.3 Å². The van der Waals surface area contributed by atoms with E-state index in [0.29, 0.717) is 17.4 Å². The number of nitrogens with zero attached hydrogens (tertiary/aromatic N) is 3. The molecule has 9 nitrogen and oxygen atoms in total. The molecule has 0 radical (unpaired) electrons. The number of hydrogen-bond acceptors (Lipinski definition) is 9. The van der Waals surface area contributed by atoms with E-state index in [1.807, 2.05) is 17.5 Å². The molecule has 0 saturated carbocycles. The largest absolute Gasteiger partial charge is 0.453 e. The Balaban J connectivity index is 1.45. The molecule has 26 heavy (non-hydrogen) atoms. The van der Waals surface area contributed by atoms with Crippen molar-refractivity contribution < 1.29 is 23.4 Å². The third-order valence-electron chi connectivity index (χ3n) is 3.30. The third kappa shape index (κ3) is 4.54. The number of anilines is 1. The second-order valence-corrected chi connectivity index (χ2v) is 6.39. The van der Waals surface area contributed by atoms with E-state index in [-0.39, 0.29) is 18.7 Å². The van der Waals surface area contributed by atoms with Gasteiger partial charge in [-0.25, -0.2) is 0 Å². The second kappa shape index (κ2) is 7.91. The summed E-state index contributed by atoms with van der Waals surface area (Å²) >= 11 is 1.49. The summed E-state index contributed by atoms with van der Waals surface area (Å²) in [5.41, 5.74) is 0.631. The Labute approximate surface area is 152 Å². The SMILES string of the molecule is Cc1cc(NC(=O)[C@@H](C)OC(=O)CCc2nc(-c3cccs3)no2)on1. The minimum Gasteiger partial charge on any atom is -0.453 e. The lowest BCUT2D eigenvalue weighted by Crippen LogP contribution is -2.29. The zero-order chi connectivity index (χ0) is 18.5. The van der Waals surface area contributed by atoms with Crippen molar-refractivity contribution in [2.75, 3.05) is 5.32 Å². The molecule has 1 amide bonds. The summed E-state index contributed by atoms with van der Waals surface area (Å²) < 4.78 is 15.1. The van der Waals surface area contributed by atoms with E-state index in [2.05, 4.69) is 20.6 Å². The molecule has 3 rings (SSSR count). The minimum atomic E-state index is -0.975. The standard InChI is InChI=1S/C16H16N4O5S/c1-9-8-13(25-19-9)18-16(22)10(2)23-14(21)6-5-12-17-15(20-24-12)11-4-3-7-26-11/h3-4,7-8,10H,5-6H2,1-2H3,(H,18,22)/t10-/m1/s1. The van der Waals surface area contributed by atoms with E-state index in [1.165, 1.54) is 18.3 Å². The first-order valence-electron chi connectivity index (χ1n) is 7.81. The van der Waals surface area contributed by atoms with E-state index < -0.39 is 18.0 Å². The average molecular weight is 376 g/mol. The Hall–Kier alpha value is -3.01. The fraction of sp³-hybridized carbons (Fsp3) is 0.312. The van der Waals surface area contributed by atoms with Crippen molar-refractivity contribution in [2.45, 2.75) is 32.8 Å². The van der Waals surface area contributed by atoms with Gasteiger partial charge in [0, 0.05) is 12.5 Å². The second-order valence-electron chi connectivity index (χ2n) is 5.44. The average Bonchev–Trinajstić information content (AvgIpc) is 3.34. The van der Waals surface area contributed by atoms with Gasteiger partial charge in [-0.1, -0.05) is 16.4 Å². The quantitative estimate of drug-likeness (QED) is 0.625. The van der Waals surface area contributed by atoms with Gasteiger partial charge >= 0.3 is 5.97 Å². The molecule has 1 atom stereocenters. The van der Waals surface area contributed by atoms with Crippen LogP contribution in [0.2, 0.25) is 0 Å². The number of esters is 1. The Morgan fingerprint density at radius 3 is 2.88 bits per heavy atom. The minimum absolute atomic E-state index is 0.0190. The lowest BCUT2D eigenvalue weighted by molar-refractivity contribution is -0.153. The van der Waals surface area contributed by atoms with Gasteiger partial charge in [0.2, 0.25) is 17.6 Å². The van der Waals surface area contributed by atoms with Gasteiger partial charge in [-0.2, -0.15) is 4.98 Å². The van der Waals surface area contributed by atoms with Crippen LogP contribution in [0.3, 0.4) is 0 Å². The first kappa shape index (κ1) is 17.8. The molecule has 0 aliphatic heterocycles. The highest BCUT2D eigenvalue weighted by molar-refractivity contribution is 7.13. The van der Waals surface area contributed by atoms with Crippen LogP contribution in [0.1, 0.15) is 24.9 Å². The Morgan fingerprint density at radius 1 is 1.35 bits per heavy atom. The first-order chi connectivity index (χ1) is 12.5. The van der Waals surface area contributed by atoms with Crippen LogP contribution < -0.4 is 5.32 Å². The molecule has 0 unspecified atom stereocenters. The Bertz CT molecular complexity index is 886. The predicted octanol–water partition coefficient (Wildman–Crippen LogP) is 2.60. The van der Waals surface area contributed by atoms with E-state index in [4.69, 9.17) is 13.8 Å². The molecule has 3 aromatic rings. The summed E-state index contributed by atoms with van der Waals surface area (Å²) in [6.45, 7) is 3.20. The smallest absolute Gasteiger partial charge is 0.307 e. The zero-order valence-corrected chi connectivity index (χ0v) is 14.9. The maximum atomic E-state index is 12.0. The molecule has 3 aromatic heterocycles. The summed E-state index contributed by atoms with van der Waals surface area (Å²) in [4.78, 5) is 29.0. The monoisotopic (exact) mass is 376 g/mol. The fourth-order valence-corrected chi connectivity index (χ4v) is 2.68. The van der Waals surface area contributed by atoms with E-state index in [1.54, 1.807) is 13.0 Å². The fourth-order valence-electron chi connectivity index (χ4n) is 2.03. The molecule has 0 aromatic carbocycles. The molecule has 0 aliphatic rings. The number of thiophene rings is 1. The van der Waals surface area contributed by atoms with Crippen molar-refractivity contribution in [2.24, 2.45) is 0 Å². The van der Waals surface area contributed by atoms with Crippen LogP contribution in [0.4, 0.5) is 5.88 Å². The number of carbonyl (C=O) groups is 2. The molecule has 0 aliphatic carbocycles. The number of rotatable bonds is 7. The molecular formula is C16H16N4O5S. The molecule has 136 valence electrons. The van der Waals surface area contributed by atoms with Crippen LogP contribution in [0.25, 0.3) is 10.7 Å². The van der Waals surface area contributed by atoms with Crippen LogP contribution in [0.5, 0.6) is 0 Å². The van der Waals surface area contributed by atoms with Gasteiger partial charge in [0.1, 0.15) is 0 Å². The van der Waals surface area contributed by atoms with Crippen LogP contribution >= 0.6 is 11.3 Å². The molecule has 0 fully saturated rings. The third-order valence-corrected chi connectivity index (χ3v) is 4.17. The van der Waals surface area contributed by atoms with Crippen molar-refractivity contribution in [3.63, 3.8) is 0 Å². The Morgan fingerprint density at radius 2 is 2.19 bits per heavy atom. The summed E-state index contributed by atoms with van der Waals surface area (Å²) in [5.74, 6) is -0.0371. The zero-order valence-electron chi connectivity index (χ0n) is 14.1. The summed E-state index contributed by atoms with van der Waals surface area (Å²) in [5, 5.41) is 11.9. The normalized spacial score (nSPS) is 11.9. The molecule has 10 heteroatoms. The summed E-state index contributed by atoms with van der Waals surface area (Å²) in [6.07, 6.45) is -0.727. The van der Waals surface area contributed by atoms with E-state index >= 15 is 0 Å². The Kier molecular flexibility index (Phi) is 5.42. The van der Waals surface area contributed by atoms with Gasteiger partial charge in [0.05, 0.1) is 17.0 Å². The van der Waals surface area contributed by atoms with Gasteiger partial charge in [0.15, 0.2) is 6.10 Å². The number of ether oxygens (including phenoxy) is 1. The van der Waals surface area contributed by atoms with Crippen LogP contribution in [0, 0.1) is 6.92 Å². The number of aromatic nitrogens is 3. The van der Waals surface area contributed by atoms with Gasteiger partial charge in [0.25, 0.3) is 5.91 Å². The van der Waals surface area contributed by atoms with Crippen molar-refractivity contribution in [1.29, 1.82) is 0 Å². The predicted molar refractivity (Wildman–Crippen MR) is 91.4 cm³/mol. The molecular weight excluding hydrogens is 360 g/mol. The number of amides is 1. The maximum absolute atomic E-state index is 12.0. The number of nitrogens with one attached hydrogen (secondary N) is 1. The highest BCUT2D eigenvalue weighted by atomic mass is 32.1. The van der Waals surface area contributed by atoms with Crippen molar-refractivity contribution in [1.82, 2.24) is 15.3 Å². The maximum Gasteiger partial charge on any atom is 0.307 e. The van der Waals surface area contributed by atoms with Crippen molar-refractivity contribution in [3.05, 3.63) is 35.2 Å². The van der Waals surface area contributed by atoms with Gasteiger partial charge in [-0.05, 0) is 25.3 Å². The van der Waals surface area contributed by atoms with Gasteiger partial charge in [-0.3, -0.25) is 14.9 Å². The summed E-state index contributed by atoms with van der Waals surface area (Å²) in [6, 6.07) is 5.33. The lowest BCUT2D eigenvalue weighted by Gasteiger charge is -2.11. The highest BCUT2D eigenvalue weighted by Crippen LogP contribution is 2.21. The topological polar surface area (TPSA) is 120 Å². The van der Waals surface area contributed by atoms with Crippen LogP contribution in [0.15, 0.2) is 32.6 Å². The van der Waals surface area contributed by atoms with E-state index in [0.717, 1.165) is 4.88 Å². The number of carbonyl (C=O) groups excluding carboxylic acids is 2. The highest BCUT2D eigenvalue weighted by Gasteiger charge is 2.20. The van der Waals surface area contributed by atoms with Crippen molar-refractivity contribution in [3.8, 4) is 10.7 Å². The number of hydrogen-bond donors (Lipinski definition) is 1. The van der Waals surface area contributed by atoms with Gasteiger partial charge < -0.3 is 13.8 Å². The molecule has 3 heterocycles. The first-order valence-corrected chi connectivity index (χ1v) is 8.69. The lowest BCUT2D eigenvalue weighted by atomic mass is 10.3. The molecule has 0 spiro atoms. The van der Waals surface area contributed by atoms with Gasteiger partial charge in [-0.15, -0.1) is 11.3 Å². The van der Waals surface area contributed by atoms with E-state index in [9.17, 15) is 9.59 Å². The molecule has 1 N–H and O–H groups in total. The summed E-state index contributed by atoms with van der Waals surface area (Å²) in [7, 11) is 0. The number of aryl methyl sites for hydroxylation is 2. The van der Waals surface area contributed by atoms with Crippen molar-refractivity contribution >= 4 is 29.1 Å². The molecule has 0 bridgehead atoms. The van der Waals surface area contributed by atoms with Crippen LogP contribution in [-0.2, 0) is 20.7 Å².